The summed E-state index contributed by atoms with van der Waals surface area (Å²) in [5, 5.41) is 15.8. The zero-order valence-electron chi connectivity index (χ0n) is 10.7. The molecule has 1 aromatic heterocycles. The number of ether oxygens (including phenoxy) is 1. The fourth-order valence-electron chi connectivity index (χ4n) is 1.04. The molecule has 0 bridgehead atoms. The number of rotatable bonds is 2. The molecule has 0 unspecified atom stereocenters. The average molecular weight is 277 g/mol. The Morgan fingerprint density at radius 2 is 1.84 bits per heavy atom. The van der Waals surface area contributed by atoms with Gasteiger partial charge in [0.2, 0.25) is 0 Å². The molecule has 0 saturated carbocycles. The van der Waals surface area contributed by atoms with Crippen LogP contribution in [0.4, 0.5) is 10.6 Å². The van der Waals surface area contributed by atoms with Gasteiger partial charge in [0.05, 0.1) is 0 Å². The molecular weight excluding hydrogens is 261 g/mol. The molecule has 7 nitrogen and oxygen atoms in total. The average Bonchev–Trinajstić information content (AvgIpc) is 2.26. The molecule has 0 aliphatic carbocycles. The Balaban J connectivity index is 0.00000324. The molecule has 0 aliphatic heterocycles. The number of carbonyl (C=O) groups excluding carboxylic acids is 1. The van der Waals surface area contributed by atoms with E-state index in [-0.39, 0.29) is 41.1 Å². The summed E-state index contributed by atoms with van der Waals surface area (Å²) in [6.07, 6.45) is -0.583. The number of anilines is 1. The molecule has 1 aromatic rings. The van der Waals surface area contributed by atoms with Gasteiger partial charge < -0.3 is 9.84 Å². The van der Waals surface area contributed by atoms with Crippen molar-refractivity contribution in [1.29, 1.82) is 0 Å². The van der Waals surface area contributed by atoms with Crippen molar-refractivity contribution in [3.05, 3.63) is 17.8 Å². The fourth-order valence-corrected chi connectivity index (χ4v) is 1.04. The van der Waals surface area contributed by atoms with E-state index >= 15 is 0 Å². The summed E-state index contributed by atoms with van der Waals surface area (Å²) in [5.74, 6) is -0.955. The van der Waals surface area contributed by atoms with Crippen LogP contribution in [0.1, 0.15) is 31.3 Å². The van der Waals surface area contributed by atoms with Crippen molar-refractivity contribution < 1.29 is 19.4 Å². The van der Waals surface area contributed by atoms with Crippen molar-refractivity contribution in [3.8, 4) is 0 Å². The van der Waals surface area contributed by atoms with Gasteiger partial charge in [-0.15, -0.1) is 10.2 Å². The Labute approximate surface area is 133 Å². The second kappa shape index (κ2) is 6.83. The summed E-state index contributed by atoms with van der Waals surface area (Å²) in [6.45, 7) is 5.24. The zero-order valence-corrected chi connectivity index (χ0v) is 10.7. The quantitative estimate of drug-likeness (QED) is 0.807. The first kappa shape index (κ1) is 17.8. The van der Waals surface area contributed by atoms with Crippen molar-refractivity contribution in [2.75, 3.05) is 11.9 Å². The van der Waals surface area contributed by atoms with Crippen LogP contribution in [0.15, 0.2) is 12.1 Å². The molecule has 0 spiro atoms. The van der Waals surface area contributed by atoms with Crippen molar-refractivity contribution >= 4 is 47.4 Å². The molecule has 1 heterocycles. The Bertz CT molecular complexity index is 456. The molecule has 1 rings (SSSR count). The van der Waals surface area contributed by atoms with Crippen LogP contribution >= 0.6 is 0 Å². The second-order valence-corrected chi connectivity index (χ2v) is 4.62. The number of nitrogens with zero attached hydrogens (tertiary/aromatic N) is 3. The Hall–Kier alpha value is -1.18. The van der Waals surface area contributed by atoms with Crippen LogP contribution in [0.3, 0.4) is 0 Å². The maximum absolute atomic E-state index is 11.7. The molecule has 0 aliphatic rings. The monoisotopic (exact) mass is 277 g/mol. The molecule has 19 heavy (non-hydrogen) atoms. The summed E-state index contributed by atoms with van der Waals surface area (Å²) >= 11 is 0. The van der Waals surface area contributed by atoms with Crippen LogP contribution in [0.2, 0.25) is 0 Å². The van der Waals surface area contributed by atoms with E-state index in [1.807, 2.05) is 0 Å². The molecule has 1 N–H and O–H groups in total. The number of hydrogen-bond acceptors (Lipinski definition) is 5. The van der Waals surface area contributed by atoms with Crippen LogP contribution in [0.25, 0.3) is 0 Å². The minimum absolute atomic E-state index is 0. The van der Waals surface area contributed by atoms with E-state index in [1.54, 1.807) is 20.8 Å². The molecule has 100 valence electrons. The van der Waals surface area contributed by atoms with Crippen molar-refractivity contribution in [1.82, 2.24) is 10.2 Å². The van der Waals surface area contributed by atoms with Gasteiger partial charge in [-0.05, 0) is 32.9 Å². The maximum atomic E-state index is 11.7. The number of aromatic nitrogens is 2. The van der Waals surface area contributed by atoms with Gasteiger partial charge in [0, 0.05) is 7.05 Å². The third-order valence-electron chi connectivity index (χ3n) is 1.88. The van der Waals surface area contributed by atoms with Crippen LogP contribution in [0, 0.1) is 0 Å². The topological polar surface area (TPSA) is 92.6 Å². The number of aromatic carboxylic acids is 1. The zero-order chi connectivity index (χ0) is 13.9. The van der Waals surface area contributed by atoms with Crippen molar-refractivity contribution in [2.45, 2.75) is 26.4 Å². The van der Waals surface area contributed by atoms with Crippen LogP contribution in [-0.4, -0.2) is 69.6 Å². The van der Waals surface area contributed by atoms with Gasteiger partial charge in [-0.25, -0.2) is 9.59 Å². The summed E-state index contributed by atoms with van der Waals surface area (Å²) in [5.41, 5.74) is -0.795. The fraction of sp³-hybridized carbons (Fsp3) is 0.455. The van der Waals surface area contributed by atoms with Crippen molar-refractivity contribution in [2.24, 2.45) is 0 Å². The van der Waals surface area contributed by atoms with E-state index in [0.717, 1.165) is 4.90 Å². The first-order valence-electron chi connectivity index (χ1n) is 5.24. The van der Waals surface area contributed by atoms with E-state index < -0.39 is 17.7 Å². The van der Waals surface area contributed by atoms with Gasteiger partial charge in [-0.1, -0.05) is 0 Å². The number of carboxylic acids is 1. The van der Waals surface area contributed by atoms with E-state index in [9.17, 15) is 9.59 Å². The first-order chi connectivity index (χ1) is 8.20. The number of carboxylic acid groups (broad SMARTS) is 1. The number of hydrogen-bond donors (Lipinski definition) is 1. The molecule has 0 aromatic carbocycles. The van der Waals surface area contributed by atoms with Gasteiger partial charge in [0.1, 0.15) is 5.60 Å². The molecule has 1 amide bonds. The van der Waals surface area contributed by atoms with E-state index in [1.165, 1.54) is 19.2 Å². The Morgan fingerprint density at radius 3 is 2.21 bits per heavy atom. The van der Waals surface area contributed by atoms with Crippen LogP contribution in [0.5, 0.6) is 0 Å². The van der Waals surface area contributed by atoms with Gasteiger partial charge >= 0.3 is 41.6 Å². The number of carbonyl (C=O) groups is 2. The normalized spacial score (nSPS) is 10.3. The third kappa shape index (κ3) is 5.54. The van der Waals surface area contributed by atoms with Crippen molar-refractivity contribution in [3.63, 3.8) is 0 Å². The molecule has 0 saturated heterocycles. The predicted octanol–water partition coefficient (Wildman–Crippen LogP) is 0.898. The predicted molar refractivity (Wildman–Crippen MR) is 70.8 cm³/mol. The van der Waals surface area contributed by atoms with E-state index in [0.29, 0.717) is 0 Å². The molecule has 0 radical (unpaired) electrons. The third-order valence-corrected chi connectivity index (χ3v) is 1.88. The van der Waals surface area contributed by atoms with E-state index in [4.69, 9.17) is 9.84 Å². The summed E-state index contributed by atoms with van der Waals surface area (Å²) < 4.78 is 5.13. The second-order valence-electron chi connectivity index (χ2n) is 4.62. The molecule has 8 heteroatoms. The summed E-state index contributed by atoms with van der Waals surface area (Å²) in [4.78, 5) is 23.4. The SMILES string of the molecule is CN(C(=O)OC(C)(C)C)c1ccc(C(=O)O)nn1.[NaH]. The summed E-state index contributed by atoms with van der Waals surface area (Å²) in [7, 11) is 1.47. The first-order valence-corrected chi connectivity index (χ1v) is 5.24. The standard InChI is InChI=1S/C11H15N3O4.Na.H/c1-11(2,3)18-10(17)14(4)8-6-5-7(9(15)16)12-13-8;;/h5-6H,1-4H3,(H,15,16);;. The number of amides is 1. The molecule has 0 fully saturated rings. The Morgan fingerprint density at radius 1 is 1.26 bits per heavy atom. The van der Waals surface area contributed by atoms with E-state index in [2.05, 4.69) is 10.2 Å². The van der Waals surface area contributed by atoms with Gasteiger partial charge in [0.15, 0.2) is 11.5 Å². The molecular formula is C11H16N3NaO4. The minimum atomic E-state index is -1.17. The van der Waals surface area contributed by atoms with Crippen LogP contribution in [-0.2, 0) is 4.74 Å². The van der Waals surface area contributed by atoms with Gasteiger partial charge in [0.25, 0.3) is 0 Å². The van der Waals surface area contributed by atoms with Crippen LogP contribution < -0.4 is 4.90 Å². The summed E-state index contributed by atoms with van der Waals surface area (Å²) in [6, 6.07) is 2.66. The van der Waals surface area contributed by atoms with Gasteiger partial charge in [-0.3, -0.25) is 4.90 Å². The van der Waals surface area contributed by atoms with Gasteiger partial charge in [-0.2, -0.15) is 0 Å². The molecule has 0 atom stereocenters. The Kier molecular flexibility index (Phi) is 6.41.